The quantitative estimate of drug-likeness (QED) is 0.548. The van der Waals surface area contributed by atoms with E-state index in [2.05, 4.69) is 4.98 Å². The highest BCUT2D eigenvalue weighted by Gasteiger charge is 2.02. The van der Waals surface area contributed by atoms with Gasteiger partial charge in [0.1, 0.15) is 0 Å². The minimum absolute atomic E-state index is 0.175. The van der Waals surface area contributed by atoms with Crippen molar-refractivity contribution in [2.24, 2.45) is 7.05 Å². The fourth-order valence-electron chi connectivity index (χ4n) is 0.959. The van der Waals surface area contributed by atoms with Crippen LogP contribution in [-0.4, -0.2) is 9.55 Å². The van der Waals surface area contributed by atoms with E-state index in [1.165, 1.54) is 0 Å². The van der Waals surface area contributed by atoms with Crippen molar-refractivity contribution in [3.63, 3.8) is 0 Å². The molecule has 0 aliphatic carbocycles. The monoisotopic (exact) mass is 152 g/mol. The topological polar surface area (TPSA) is 34.9 Å². The molecule has 3 nitrogen and oxygen atoms in total. The van der Waals surface area contributed by atoms with E-state index >= 15 is 0 Å². The van der Waals surface area contributed by atoms with Crippen LogP contribution >= 0.6 is 0 Å². The van der Waals surface area contributed by atoms with Crippen molar-refractivity contribution in [1.82, 2.24) is 9.55 Å². The van der Waals surface area contributed by atoms with Crippen LogP contribution in [0.1, 0.15) is 17.0 Å². The maximum Gasteiger partial charge on any atom is 0.347 e. The fourth-order valence-corrected chi connectivity index (χ4v) is 0.959. The molecule has 0 saturated heterocycles. The van der Waals surface area contributed by atoms with Crippen molar-refractivity contribution < 1.29 is 0 Å². The van der Waals surface area contributed by atoms with Gasteiger partial charge in [0.15, 0.2) is 0 Å². The van der Waals surface area contributed by atoms with E-state index in [9.17, 15) is 4.79 Å². The van der Waals surface area contributed by atoms with Crippen molar-refractivity contribution in [3.8, 4) is 0 Å². The second-order valence-electron chi connectivity index (χ2n) is 2.75. The van der Waals surface area contributed by atoms with Crippen molar-refractivity contribution in [1.29, 1.82) is 0 Å². The summed E-state index contributed by atoms with van der Waals surface area (Å²) >= 11 is 0. The highest BCUT2D eigenvalue weighted by molar-refractivity contribution is 5.21. The van der Waals surface area contributed by atoms with Crippen LogP contribution in [0.25, 0.3) is 0 Å². The molecule has 0 amide bonds. The van der Waals surface area contributed by atoms with Crippen molar-refractivity contribution >= 4 is 0 Å². The first-order valence-electron chi connectivity index (χ1n) is 3.55. The summed E-state index contributed by atoms with van der Waals surface area (Å²) in [5.74, 6) is 0. The van der Waals surface area contributed by atoms with Crippen molar-refractivity contribution in [3.05, 3.63) is 27.4 Å². The van der Waals surface area contributed by atoms with Gasteiger partial charge in [-0.2, -0.15) is 4.98 Å². The lowest BCUT2D eigenvalue weighted by Gasteiger charge is -2.06. The zero-order chi connectivity index (χ0) is 8.59. The lowest BCUT2D eigenvalue weighted by molar-refractivity contribution is 0.753. The molecule has 0 unspecified atom stereocenters. The van der Waals surface area contributed by atoms with Gasteiger partial charge in [-0.25, -0.2) is 4.79 Å². The van der Waals surface area contributed by atoms with Gasteiger partial charge in [-0.3, -0.25) is 4.57 Å². The summed E-state index contributed by atoms with van der Waals surface area (Å²) in [6.45, 7) is 5.74. The summed E-state index contributed by atoms with van der Waals surface area (Å²) in [5, 5.41) is 0. The third-order valence-corrected chi connectivity index (χ3v) is 2.14. The second-order valence-corrected chi connectivity index (χ2v) is 2.75. The standard InChI is InChI=1S/C8H12N2O/c1-5-6(2)9-8(11)10(4)7(5)3/h1-4H3. The zero-order valence-electron chi connectivity index (χ0n) is 7.30. The van der Waals surface area contributed by atoms with Gasteiger partial charge in [0.2, 0.25) is 0 Å². The molecule has 1 heterocycles. The Morgan fingerprint density at radius 1 is 1.27 bits per heavy atom. The van der Waals surface area contributed by atoms with Crippen LogP contribution in [0.3, 0.4) is 0 Å². The molecule has 0 saturated carbocycles. The molecule has 1 aromatic heterocycles. The molecule has 0 N–H and O–H groups in total. The predicted octanol–water partition coefficient (Wildman–Crippen LogP) is 0.706. The van der Waals surface area contributed by atoms with Crippen LogP contribution in [0.2, 0.25) is 0 Å². The average molecular weight is 152 g/mol. The third kappa shape index (κ3) is 1.18. The molecule has 0 aliphatic rings. The van der Waals surface area contributed by atoms with Gasteiger partial charge >= 0.3 is 5.69 Å². The Bertz CT molecular complexity index is 339. The molecule has 1 rings (SSSR count). The number of aromatic nitrogens is 2. The van der Waals surface area contributed by atoms with Gasteiger partial charge < -0.3 is 0 Å². The fraction of sp³-hybridized carbons (Fsp3) is 0.500. The first-order valence-corrected chi connectivity index (χ1v) is 3.55. The van der Waals surface area contributed by atoms with Gasteiger partial charge in [0.05, 0.1) is 0 Å². The van der Waals surface area contributed by atoms with Crippen LogP contribution in [0.15, 0.2) is 4.79 Å². The second kappa shape index (κ2) is 2.49. The van der Waals surface area contributed by atoms with Crippen LogP contribution in [0.4, 0.5) is 0 Å². The first kappa shape index (κ1) is 7.98. The van der Waals surface area contributed by atoms with E-state index < -0.39 is 0 Å². The summed E-state index contributed by atoms with van der Waals surface area (Å²) in [4.78, 5) is 14.9. The Morgan fingerprint density at radius 3 is 2.36 bits per heavy atom. The third-order valence-electron chi connectivity index (χ3n) is 2.14. The zero-order valence-corrected chi connectivity index (χ0v) is 7.30. The molecule has 3 heteroatoms. The van der Waals surface area contributed by atoms with Crippen LogP contribution in [-0.2, 0) is 7.05 Å². The summed E-state index contributed by atoms with van der Waals surface area (Å²) in [5.41, 5.74) is 2.73. The normalized spacial score (nSPS) is 10.2. The van der Waals surface area contributed by atoms with Crippen LogP contribution in [0.5, 0.6) is 0 Å². The number of hydrogen-bond acceptors (Lipinski definition) is 2. The van der Waals surface area contributed by atoms with Gasteiger partial charge in [-0.05, 0) is 26.3 Å². The molecule has 11 heavy (non-hydrogen) atoms. The minimum Gasteiger partial charge on any atom is -0.299 e. The Morgan fingerprint density at radius 2 is 1.82 bits per heavy atom. The van der Waals surface area contributed by atoms with Gasteiger partial charge in [-0.1, -0.05) is 0 Å². The van der Waals surface area contributed by atoms with Crippen LogP contribution < -0.4 is 5.69 Å². The number of aryl methyl sites for hydroxylation is 1. The van der Waals surface area contributed by atoms with Crippen molar-refractivity contribution in [2.75, 3.05) is 0 Å². The molecule has 60 valence electrons. The number of nitrogens with zero attached hydrogens (tertiary/aromatic N) is 2. The van der Waals surface area contributed by atoms with E-state index in [1.807, 2.05) is 20.8 Å². The van der Waals surface area contributed by atoms with E-state index in [-0.39, 0.29) is 5.69 Å². The number of hydrogen-bond donors (Lipinski definition) is 0. The maximum absolute atomic E-state index is 11.1. The molecule has 0 aromatic carbocycles. The average Bonchev–Trinajstić information content (AvgIpc) is 1.97. The van der Waals surface area contributed by atoms with Gasteiger partial charge in [-0.15, -0.1) is 0 Å². The van der Waals surface area contributed by atoms with E-state index in [1.54, 1.807) is 11.6 Å². The lowest BCUT2D eigenvalue weighted by atomic mass is 10.2. The van der Waals surface area contributed by atoms with E-state index in [0.29, 0.717) is 0 Å². The first-order chi connectivity index (χ1) is 5.04. The Kier molecular flexibility index (Phi) is 1.81. The molecular formula is C8H12N2O. The molecule has 0 aliphatic heterocycles. The predicted molar refractivity (Wildman–Crippen MR) is 43.7 cm³/mol. The molecule has 0 spiro atoms. The largest absolute Gasteiger partial charge is 0.347 e. The highest BCUT2D eigenvalue weighted by atomic mass is 16.1. The highest BCUT2D eigenvalue weighted by Crippen LogP contribution is 2.04. The molecular weight excluding hydrogens is 140 g/mol. The van der Waals surface area contributed by atoms with E-state index in [4.69, 9.17) is 0 Å². The van der Waals surface area contributed by atoms with Crippen LogP contribution in [0, 0.1) is 20.8 Å². The SMILES string of the molecule is Cc1nc(=O)n(C)c(C)c1C. The molecule has 1 aromatic rings. The maximum atomic E-state index is 11.1. The van der Waals surface area contributed by atoms with Gasteiger partial charge in [0, 0.05) is 18.4 Å². The Balaban J connectivity index is 3.59. The Labute approximate surface area is 65.7 Å². The molecule has 0 bridgehead atoms. The molecule has 0 atom stereocenters. The summed E-state index contributed by atoms with van der Waals surface area (Å²) in [6, 6.07) is 0. The van der Waals surface area contributed by atoms with E-state index in [0.717, 1.165) is 17.0 Å². The molecule has 0 radical (unpaired) electrons. The van der Waals surface area contributed by atoms with Gasteiger partial charge in [0.25, 0.3) is 0 Å². The lowest BCUT2D eigenvalue weighted by Crippen LogP contribution is -2.24. The summed E-state index contributed by atoms with van der Waals surface area (Å²) in [7, 11) is 1.73. The minimum atomic E-state index is -0.175. The summed E-state index contributed by atoms with van der Waals surface area (Å²) in [6.07, 6.45) is 0. The molecule has 0 fully saturated rings. The van der Waals surface area contributed by atoms with Crippen molar-refractivity contribution in [2.45, 2.75) is 20.8 Å². The summed E-state index contributed by atoms with van der Waals surface area (Å²) < 4.78 is 1.56. The smallest absolute Gasteiger partial charge is 0.299 e. The Hall–Kier alpha value is -1.12. The number of rotatable bonds is 0.